The maximum atomic E-state index is 10.2. The highest BCUT2D eigenvalue weighted by molar-refractivity contribution is 5.29. The minimum Gasteiger partial charge on any atom is -0.494 e. The fourth-order valence-corrected chi connectivity index (χ4v) is 1.93. The summed E-state index contributed by atoms with van der Waals surface area (Å²) >= 11 is 0. The molecule has 1 aromatic carbocycles. The first-order chi connectivity index (χ1) is 9.69. The molecule has 1 heterocycles. The Balaban J connectivity index is 1.91. The minimum absolute atomic E-state index is 0.462. The highest BCUT2D eigenvalue weighted by atomic mass is 16.5. The van der Waals surface area contributed by atoms with Crippen molar-refractivity contribution < 1.29 is 9.84 Å². The van der Waals surface area contributed by atoms with Crippen LogP contribution in [0, 0.1) is 0 Å². The van der Waals surface area contributed by atoms with E-state index in [9.17, 15) is 5.11 Å². The first-order valence-electron chi connectivity index (χ1n) is 6.95. The Labute approximate surface area is 119 Å². The second-order valence-corrected chi connectivity index (χ2v) is 4.87. The number of hydrogen-bond donors (Lipinski definition) is 1. The minimum atomic E-state index is -0.573. The molecule has 1 aromatic heterocycles. The van der Waals surface area contributed by atoms with Crippen LogP contribution in [0.3, 0.4) is 0 Å². The van der Waals surface area contributed by atoms with E-state index in [0.717, 1.165) is 36.5 Å². The Morgan fingerprint density at radius 1 is 1.30 bits per heavy atom. The third-order valence-corrected chi connectivity index (χ3v) is 3.08. The summed E-state index contributed by atoms with van der Waals surface area (Å²) in [6, 6.07) is 7.57. The van der Waals surface area contributed by atoms with E-state index in [-0.39, 0.29) is 0 Å². The van der Waals surface area contributed by atoms with Crippen LogP contribution in [0.2, 0.25) is 0 Å². The number of unbranched alkanes of at least 4 members (excludes halogenated alkanes) is 1. The van der Waals surface area contributed by atoms with Crippen molar-refractivity contribution in [3.05, 3.63) is 41.7 Å². The highest BCUT2D eigenvalue weighted by Crippen LogP contribution is 2.20. The van der Waals surface area contributed by atoms with Gasteiger partial charge in [-0.05, 0) is 24.1 Å². The molecule has 0 aliphatic heterocycles. The molecule has 5 heteroatoms. The average molecular weight is 275 g/mol. The van der Waals surface area contributed by atoms with Gasteiger partial charge in [-0.2, -0.15) is 0 Å². The quantitative estimate of drug-likeness (QED) is 0.787. The van der Waals surface area contributed by atoms with Crippen LogP contribution in [0.15, 0.2) is 30.5 Å². The monoisotopic (exact) mass is 275 g/mol. The van der Waals surface area contributed by atoms with Crippen LogP contribution in [-0.4, -0.2) is 26.7 Å². The average Bonchev–Trinajstić information content (AvgIpc) is 2.85. The molecule has 0 fully saturated rings. The first kappa shape index (κ1) is 14.5. The number of hydrogen-bond acceptors (Lipinski definition) is 4. The zero-order chi connectivity index (χ0) is 14.4. The SMILES string of the molecule is CCCCOc1ccc(C(O)Cc2cn(C)nn2)cc1. The van der Waals surface area contributed by atoms with Gasteiger partial charge in [-0.25, -0.2) is 0 Å². The van der Waals surface area contributed by atoms with Crippen molar-refractivity contribution in [2.75, 3.05) is 6.61 Å². The van der Waals surface area contributed by atoms with Gasteiger partial charge in [0.2, 0.25) is 0 Å². The molecule has 108 valence electrons. The van der Waals surface area contributed by atoms with Crippen LogP contribution in [0.1, 0.15) is 37.1 Å². The highest BCUT2D eigenvalue weighted by Gasteiger charge is 2.11. The van der Waals surface area contributed by atoms with Crippen molar-refractivity contribution in [3.63, 3.8) is 0 Å². The predicted octanol–water partition coefficient (Wildman–Crippen LogP) is 2.27. The summed E-state index contributed by atoms with van der Waals surface area (Å²) < 4.78 is 7.23. The summed E-state index contributed by atoms with van der Waals surface area (Å²) in [5.41, 5.74) is 1.64. The van der Waals surface area contributed by atoms with Gasteiger partial charge >= 0.3 is 0 Å². The molecule has 0 saturated heterocycles. The van der Waals surface area contributed by atoms with Gasteiger partial charge < -0.3 is 9.84 Å². The number of benzene rings is 1. The molecule has 0 bridgehead atoms. The second kappa shape index (κ2) is 7.05. The number of aliphatic hydroxyl groups excluding tert-OH is 1. The number of ether oxygens (including phenoxy) is 1. The van der Waals surface area contributed by atoms with Gasteiger partial charge in [0.25, 0.3) is 0 Å². The fourth-order valence-electron chi connectivity index (χ4n) is 1.93. The molecule has 2 aromatic rings. The van der Waals surface area contributed by atoms with Gasteiger partial charge in [-0.15, -0.1) is 5.10 Å². The van der Waals surface area contributed by atoms with Crippen LogP contribution < -0.4 is 4.74 Å². The third-order valence-electron chi connectivity index (χ3n) is 3.08. The van der Waals surface area contributed by atoms with Crippen molar-refractivity contribution in [1.82, 2.24) is 15.0 Å². The Kier molecular flexibility index (Phi) is 5.12. The van der Waals surface area contributed by atoms with E-state index in [1.54, 1.807) is 4.68 Å². The van der Waals surface area contributed by atoms with Crippen LogP contribution in [0.4, 0.5) is 0 Å². The zero-order valence-corrected chi connectivity index (χ0v) is 12.0. The van der Waals surface area contributed by atoms with Crippen molar-refractivity contribution in [2.45, 2.75) is 32.3 Å². The fraction of sp³-hybridized carbons (Fsp3) is 0.467. The van der Waals surface area contributed by atoms with E-state index in [0.29, 0.717) is 6.42 Å². The summed E-state index contributed by atoms with van der Waals surface area (Å²) in [6.45, 7) is 2.87. The number of aromatic nitrogens is 3. The molecule has 0 aliphatic carbocycles. The lowest BCUT2D eigenvalue weighted by atomic mass is 10.1. The normalized spacial score (nSPS) is 12.3. The molecule has 2 rings (SSSR count). The van der Waals surface area contributed by atoms with E-state index in [1.807, 2.05) is 37.5 Å². The van der Waals surface area contributed by atoms with E-state index < -0.39 is 6.10 Å². The maximum absolute atomic E-state index is 10.2. The molecule has 5 nitrogen and oxygen atoms in total. The third kappa shape index (κ3) is 4.06. The van der Waals surface area contributed by atoms with Gasteiger partial charge in [-0.3, -0.25) is 4.68 Å². The predicted molar refractivity (Wildman–Crippen MR) is 76.5 cm³/mol. The summed E-state index contributed by atoms with van der Waals surface area (Å²) in [5.74, 6) is 0.842. The van der Waals surface area contributed by atoms with Crippen molar-refractivity contribution in [1.29, 1.82) is 0 Å². The lowest BCUT2D eigenvalue weighted by Crippen LogP contribution is -2.02. The molecule has 1 unspecified atom stereocenters. The molecular weight excluding hydrogens is 254 g/mol. The molecule has 0 amide bonds. The van der Waals surface area contributed by atoms with Crippen LogP contribution in [0.5, 0.6) is 5.75 Å². The molecule has 20 heavy (non-hydrogen) atoms. The summed E-state index contributed by atoms with van der Waals surface area (Å²) in [7, 11) is 1.81. The zero-order valence-electron chi connectivity index (χ0n) is 12.0. The molecule has 0 aliphatic rings. The number of rotatable bonds is 7. The van der Waals surface area contributed by atoms with Crippen LogP contribution in [-0.2, 0) is 13.5 Å². The standard InChI is InChI=1S/C15H21N3O2/c1-3-4-9-20-14-7-5-12(6-8-14)15(19)10-13-11-18(2)17-16-13/h5-8,11,15,19H,3-4,9-10H2,1-2H3. The smallest absolute Gasteiger partial charge is 0.119 e. The maximum Gasteiger partial charge on any atom is 0.119 e. The lowest BCUT2D eigenvalue weighted by molar-refractivity contribution is 0.177. The Hall–Kier alpha value is -1.88. The second-order valence-electron chi connectivity index (χ2n) is 4.87. The van der Waals surface area contributed by atoms with Gasteiger partial charge in [-0.1, -0.05) is 30.7 Å². The summed E-state index contributed by atoms with van der Waals surface area (Å²) in [6.07, 6.45) is 3.87. The van der Waals surface area contributed by atoms with Gasteiger partial charge in [0.15, 0.2) is 0 Å². The van der Waals surface area contributed by atoms with E-state index in [1.165, 1.54) is 0 Å². The van der Waals surface area contributed by atoms with Crippen LogP contribution in [0.25, 0.3) is 0 Å². The van der Waals surface area contributed by atoms with Gasteiger partial charge in [0.1, 0.15) is 5.75 Å². The molecule has 1 atom stereocenters. The van der Waals surface area contributed by atoms with Crippen LogP contribution >= 0.6 is 0 Å². The summed E-state index contributed by atoms with van der Waals surface area (Å²) in [5, 5.41) is 18.0. The number of aliphatic hydroxyl groups is 1. The van der Waals surface area contributed by atoms with Gasteiger partial charge in [0, 0.05) is 19.7 Å². The number of nitrogens with zero attached hydrogens (tertiary/aromatic N) is 3. The van der Waals surface area contributed by atoms with E-state index in [4.69, 9.17) is 4.74 Å². The Morgan fingerprint density at radius 2 is 2.05 bits per heavy atom. The van der Waals surface area contributed by atoms with Crippen molar-refractivity contribution in [2.24, 2.45) is 7.05 Å². The topological polar surface area (TPSA) is 60.2 Å². The number of aryl methyl sites for hydroxylation is 1. The Bertz CT molecular complexity index is 522. The molecule has 0 saturated carbocycles. The molecule has 0 radical (unpaired) electrons. The molecular formula is C15H21N3O2. The largest absolute Gasteiger partial charge is 0.494 e. The molecule has 1 N–H and O–H groups in total. The van der Waals surface area contributed by atoms with Crippen molar-refractivity contribution >= 4 is 0 Å². The Morgan fingerprint density at radius 3 is 2.65 bits per heavy atom. The van der Waals surface area contributed by atoms with Gasteiger partial charge in [0.05, 0.1) is 18.4 Å². The molecule has 0 spiro atoms. The van der Waals surface area contributed by atoms with E-state index >= 15 is 0 Å². The van der Waals surface area contributed by atoms with Crippen molar-refractivity contribution in [3.8, 4) is 5.75 Å². The summed E-state index contributed by atoms with van der Waals surface area (Å²) in [4.78, 5) is 0. The van der Waals surface area contributed by atoms with E-state index in [2.05, 4.69) is 17.2 Å². The lowest BCUT2D eigenvalue weighted by Gasteiger charge is -2.10. The first-order valence-corrected chi connectivity index (χ1v) is 6.95.